The fourth-order valence-electron chi connectivity index (χ4n) is 4.84. The molecule has 0 radical (unpaired) electrons. The Bertz CT molecular complexity index is 1270. The topological polar surface area (TPSA) is 105 Å². The molecule has 1 aliphatic rings. The molecule has 0 spiro atoms. The second-order valence-electron chi connectivity index (χ2n) is 9.92. The first kappa shape index (κ1) is 27.0. The van der Waals surface area contributed by atoms with Gasteiger partial charge in [-0.05, 0) is 54.0 Å². The number of carboxylic acids is 1. The summed E-state index contributed by atoms with van der Waals surface area (Å²) < 4.78 is 15.1. The first-order valence-corrected chi connectivity index (χ1v) is 12.9. The van der Waals surface area contributed by atoms with Crippen LogP contribution in [0.5, 0.6) is 0 Å². The summed E-state index contributed by atoms with van der Waals surface area (Å²) in [4.78, 5) is 38.9. The number of aryl methyl sites for hydroxylation is 2. The molecule has 1 unspecified atom stereocenters. The Morgan fingerprint density at radius 3 is 2.45 bits per heavy atom. The number of carboxylic acid groups (broad SMARTS) is 1. The van der Waals surface area contributed by atoms with Gasteiger partial charge in [-0.3, -0.25) is 14.3 Å². The van der Waals surface area contributed by atoms with Crippen molar-refractivity contribution in [1.29, 1.82) is 0 Å². The van der Waals surface area contributed by atoms with E-state index in [-0.39, 0.29) is 36.4 Å². The highest BCUT2D eigenvalue weighted by molar-refractivity contribution is 5.84. The first-order valence-electron chi connectivity index (χ1n) is 12.9. The maximum Gasteiger partial charge on any atom is 0.326 e. The lowest BCUT2D eigenvalue weighted by atomic mass is 9.92. The lowest BCUT2D eigenvalue weighted by Crippen LogP contribution is -2.44. The highest BCUT2D eigenvalue weighted by Crippen LogP contribution is 2.22. The van der Waals surface area contributed by atoms with Crippen LogP contribution in [-0.4, -0.2) is 56.7 Å². The average Bonchev–Trinajstić information content (AvgIpc) is 3.34. The predicted molar refractivity (Wildman–Crippen MR) is 141 cm³/mol. The minimum absolute atomic E-state index is 0.0256. The van der Waals surface area contributed by atoms with Crippen molar-refractivity contribution in [3.63, 3.8) is 0 Å². The molecule has 8 nitrogen and oxygen atoms in total. The van der Waals surface area contributed by atoms with Gasteiger partial charge in [-0.2, -0.15) is 5.10 Å². The van der Waals surface area contributed by atoms with Crippen LogP contribution in [0, 0.1) is 11.7 Å². The van der Waals surface area contributed by atoms with Gasteiger partial charge >= 0.3 is 5.97 Å². The Morgan fingerprint density at radius 2 is 1.82 bits per heavy atom. The zero-order valence-corrected chi connectivity index (χ0v) is 21.5. The Morgan fingerprint density at radius 1 is 1.08 bits per heavy atom. The molecular formula is C29H33FN4O4. The molecule has 1 saturated heterocycles. The number of hydrogen-bond acceptors (Lipinski definition) is 4. The Balaban J connectivity index is 1.21. The van der Waals surface area contributed by atoms with Gasteiger partial charge in [0.05, 0.1) is 6.20 Å². The number of rotatable bonds is 10. The number of likely N-dealkylation sites (tertiary alicyclic amines) is 1. The minimum atomic E-state index is -1.08. The van der Waals surface area contributed by atoms with Crippen molar-refractivity contribution in [3.05, 3.63) is 77.9 Å². The third-order valence-corrected chi connectivity index (χ3v) is 7.02. The normalized spacial score (nSPS) is 14.7. The molecule has 9 heteroatoms. The number of nitrogens with one attached hydrogen (secondary N) is 1. The summed E-state index contributed by atoms with van der Waals surface area (Å²) in [6.45, 7) is 1.12. The summed E-state index contributed by atoms with van der Waals surface area (Å²) in [7, 11) is 1.85. The lowest BCUT2D eigenvalue weighted by molar-refractivity contribution is -0.142. The number of aromatic nitrogens is 2. The predicted octanol–water partition coefficient (Wildman–Crippen LogP) is 3.60. The van der Waals surface area contributed by atoms with Crippen LogP contribution < -0.4 is 5.32 Å². The zero-order chi connectivity index (χ0) is 27.1. The van der Waals surface area contributed by atoms with Crippen molar-refractivity contribution in [2.24, 2.45) is 13.0 Å². The van der Waals surface area contributed by atoms with Gasteiger partial charge in [-0.1, -0.05) is 36.4 Å². The van der Waals surface area contributed by atoms with Crippen LogP contribution in [0.3, 0.4) is 0 Å². The number of aliphatic carboxylic acids is 1. The van der Waals surface area contributed by atoms with Crippen molar-refractivity contribution >= 4 is 17.8 Å². The SMILES string of the molecule is Cn1cc(-c2ccc(CC(NC(=O)CC3CCN(C(=O)CCc4cccc(F)c4)CC3)C(=O)O)cc2)cn1. The van der Waals surface area contributed by atoms with Gasteiger partial charge in [-0.25, -0.2) is 9.18 Å². The molecule has 38 heavy (non-hydrogen) atoms. The van der Waals surface area contributed by atoms with E-state index in [1.165, 1.54) is 12.1 Å². The van der Waals surface area contributed by atoms with E-state index in [0.717, 1.165) is 22.3 Å². The highest BCUT2D eigenvalue weighted by Gasteiger charge is 2.26. The van der Waals surface area contributed by atoms with Gasteiger partial charge in [0.1, 0.15) is 11.9 Å². The summed E-state index contributed by atoms with van der Waals surface area (Å²) in [5.41, 5.74) is 3.57. The second-order valence-corrected chi connectivity index (χ2v) is 9.92. The molecule has 2 aromatic carbocycles. The highest BCUT2D eigenvalue weighted by atomic mass is 19.1. The van der Waals surface area contributed by atoms with Crippen molar-refractivity contribution in [2.45, 2.75) is 44.6 Å². The molecule has 200 valence electrons. The third kappa shape index (κ3) is 7.50. The molecule has 4 rings (SSSR count). The van der Waals surface area contributed by atoms with E-state index in [2.05, 4.69) is 10.4 Å². The Hall–Kier alpha value is -4.01. The molecule has 1 fully saturated rings. The van der Waals surface area contributed by atoms with Crippen LogP contribution in [0.4, 0.5) is 4.39 Å². The fraction of sp³-hybridized carbons (Fsp3) is 0.379. The smallest absolute Gasteiger partial charge is 0.326 e. The molecule has 1 aliphatic heterocycles. The molecule has 3 aromatic rings. The van der Waals surface area contributed by atoms with E-state index < -0.39 is 12.0 Å². The lowest BCUT2D eigenvalue weighted by Gasteiger charge is -2.32. The molecule has 2 heterocycles. The maximum absolute atomic E-state index is 13.3. The van der Waals surface area contributed by atoms with E-state index in [1.807, 2.05) is 43.6 Å². The van der Waals surface area contributed by atoms with Crippen LogP contribution in [0.2, 0.25) is 0 Å². The van der Waals surface area contributed by atoms with Gasteiger partial charge in [0.15, 0.2) is 0 Å². The Labute approximate surface area is 221 Å². The van der Waals surface area contributed by atoms with E-state index >= 15 is 0 Å². The van der Waals surface area contributed by atoms with Crippen LogP contribution in [0.25, 0.3) is 11.1 Å². The Kier molecular flexibility index (Phi) is 8.89. The molecule has 0 bridgehead atoms. The first-order chi connectivity index (χ1) is 18.3. The van der Waals surface area contributed by atoms with Crippen LogP contribution in [-0.2, 0) is 34.3 Å². The molecule has 0 saturated carbocycles. The fourth-order valence-corrected chi connectivity index (χ4v) is 4.84. The maximum atomic E-state index is 13.3. The second kappa shape index (κ2) is 12.5. The van der Waals surface area contributed by atoms with Gasteiger partial charge in [0.25, 0.3) is 0 Å². The van der Waals surface area contributed by atoms with Gasteiger partial charge < -0.3 is 15.3 Å². The molecule has 2 amide bonds. The van der Waals surface area contributed by atoms with Crippen molar-refractivity contribution in [2.75, 3.05) is 13.1 Å². The number of nitrogens with zero attached hydrogens (tertiary/aromatic N) is 3. The van der Waals surface area contributed by atoms with E-state index in [0.29, 0.717) is 38.8 Å². The van der Waals surface area contributed by atoms with Crippen molar-refractivity contribution < 1.29 is 23.9 Å². The van der Waals surface area contributed by atoms with E-state index in [9.17, 15) is 23.9 Å². The number of piperidine rings is 1. The molecule has 2 N–H and O–H groups in total. The number of hydrogen-bond donors (Lipinski definition) is 2. The van der Waals surface area contributed by atoms with Gasteiger partial charge in [-0.15, -0.1) is 0 Å². The van der Waals surface area contributed by atoms with Crippen LogP contribution in [0.15, 0.2) is 60.9 Å². The van der Waals surface area contributed by atoms with E-state index in [4.69, 9.17) is 0 Å². The van der Waals surface area contributed by atoms with Crippen LogP contribution >= 0.6 is 0 Å². The quantitative estimate of drug-likeness (QED) is 0.425. The molecule has 1 aromatic heterocycles. The summed E-state index contributed by atoms with van der Waals surface area (Å²) in [6.07, 6.45) is 6.27. The van der Waals surface area contributed by atoms with E-state index in [1.54, 1.807) is 21.8 Å². The van der Waals surface area contributed by atoms with Gasteiger partial charge in [0.2, 0.25) is 11.8 Å². The molecular weight excluding hydrogens is 487 g/mol. The third-order valence-electron chi connectivity index (χ3n) is 7.02. The zero-order valence-electron chi connectivity index (χ0n) is 21.5. The number of carbonyl (C=O) groups is 3. The average molecular weight is 521 g/mol. The summed E-state index contributed by atoms with van der Waals surface area (Å²) in [5, 5.41) is 16.5. The van der Waals surface area contributed by atoms with Crippen LogP contribution in [0.1, 0.15) is 36.8 Å². The number of benzene rings is 2. The summed E-state index contributed by atoms with van der Waals surface area (Å²) >= 11 is 0. The molecule has 0 aliphatic carbocycles. The van der Waals surface area contributed by atoms with Crippen molar-refractivity contribution in [1.82, 2.24) is 20.0 Å². The number of carbonyl (C=O) groups excluding carboxylic acids is 2. The number of halogens is 1. The summed E-state index contributed by atoms with van der Waals surface area (Å²) in [5.74, 6) is -1.56. The number of amides is 2. The monoisotopic (exact) mass is 520 g/mol. The summed E-state index contributed by atoms with van der Waals surface area (Å²) in [6, 6.07) is 12.8. The van der Waals surface area contributed by atoms with Crippen molar-refractivity contribution in [3.8, 4) is 11.1 Å². The standard InChI is InChI=1S/C29H33FN4O4/c1-33-19-24(18-31-33)23-8-5-21(6-9-23)16-26(29(37)38)32-27(35)17-22-11-13-34(14-12-22)28(36)10-7-20-3-2-4-25(30)15-20/h2-6,8-9,15,18-19,22,26H,7,10-14,16-17H2,1H3,(H,32,35)(H,37,38). The largest absolute Gasteiger partial charge is 0.480 e. The minimum Gasteiger partial charge on any atom is -0.480 e. The molecule has 1 atom stereocenters. The van der Waals surface area contributed by atoms with Gasteiger partial charge in [0, 0.05) is 51.2 Å².